The molecule has 2 aromatic rings. The van der Waals surface area contributed by atoms with Gasteiger partial charge >= 0.3 is 0 Å². The Morgan fingerprint density at radius 2 is 2.10 bits per heavy atom. The van der Waals surface area contributed by atoms with Crippen LogP contribution in [0, 0.1) is 0 Å². The second kappa shape index (κ2) is 6.43. The number of para-hydroxylation sites is 1. The molecule has 0 aliphatic carbocycles. The molecule has 1 aromatic heterocycles. The van der Waals surface area contributed by atoms with Gasteiger partial charge in [0, 0.05) is 31.1 Å². The Labute approximate surface area is 123 Å². The summed E-state index contributed by atoms with van der Waals surface area (Å²) in [5, 5.41) is 0.869. The first-order valence-electron chi connectivity index (χ1n) is 6.54. The minimum absolute atomic E-state index is 0.0117. The fourth-order valence-corrected chi connectivity index (χ4v) is 2.19. The molecule has 0 bridgehead atoms. The summed E-state index contributed by atoms with van der Waals surface area (Å²) in [4.78, 5) is 19.1. The molecule has 0 saturated carbocycles. The highest BCUT2D eigenvalue weighted by atomic mass is 32.1. The molecule has 20 heavy (non-hydrogen) atoms. The topological polar surface area (TPSA) is 59.2 Å². The molecule has 1 amide bonds. The van der Waals surface area contributed by atoms with E-state index >= 15 is 0 Å². The van der Waals surface area contributed by atoms with Crippen LogP contribution < -0.4 is 5.73 Å². The van der Waals surface area contributed by atoms with Gasteiger partial charge in [0.15, 0.2) is 0 Å². The van der Waals surface area contributed by atoms with Crippen molar-refractivity contribution in [3.05, 3.63) is 42.1 Å². The maximum absolute atomic E-state index is 12.6. The largest absolute Gasteiger partial charge is 0.393 e. The molecule has 2 rings (SSSR count). The maximum atomic E-state index is 12.6. The number of amides is 1. The number of nitrogens with two attached hydrogens (primary N) is 1. The average molecular weight is 287 g/mol. The van der Waals surface area contributed by atoms with E-state index in [1.54, 1.807) is 17.2 Å². The highest BCUT2D eigenvalue weighted by molar-refractivity contribution is 7.80. The number of hydrogen-bond acceptors (Lipinski definition) is 3. The van der Waals surface area contributed by atoms with E-state index in [1.165, 1.54) is 0 Å². The van der Waals surface area contributed by atoms with Gasteiger partial charge in [-0.2, -0.15) is 0 Å². The third kappa shape index (κ3) is 3.11. The molecule has 0 atom stereocenters. The number of carbonyl (C=O) groups is 1. The molecule has 0 unspecified atom stereocenters. The van der Waals surface area contributed by atoms with Gasteiger partial charge in [-0.05, 0) is 19.1 Å². The highest BCUT2D eigenvalue weighted by Gasteiger charge is 2.16. The quantitative estimate of drug-likeness (QED) is 0.858. The molecule has 1 aromatic carbocycles. The van der Waals surface area contributed by atoms with Crippen LogP contribution in [0.3, 0.4) is 0 Å². The number of carbonyl (C=O) groups excluding carboxylic acids is 1. The van der Waals surface area contributed by atoms with E-state index in [-0.39, 0.29) is 5.91 Å². The Bertz CT molecular complexity index is 637. The number of pyridine rings is 1. The van der Waals surface area contributed by atoms with Crippen molar-refractivity contribution >= 4 is 34.0 Å². The lowest BCUT2D eigenvalue weighted by atomic mass is 10.1. The minimum Gasteiger partial charge on any atom is -0.393 e. The fourth-order valence-electron chi connectivity index (χ4n) is 2.10. The Balaban J connectivity index is 2.32. The number of fused-ring (bicyclic) bond motifs is 1. The van der Waals surface area contributed by atoms with Crippen LogP contribution in [-0.2, 0) is 0 Å². The van der Waals surface area contributed by atoms with Crippen LogP contribution in [-0.4, -0.2) is 33.9 Å². The van der Waals surface area contributed by atoms with E-state index < -0.39 is 0 Å². The smallest absolute Gasteiger partial charge is 0.254 e. The third-order valence-electron chi connectivity index (χ3n) is 3.18. The first-order chi connectivity index (χ1) is 9.63. The normalized spacial score (nSPS) is 10.4. The van der Waals surface area contributed by atoms with Crippen molar-refractivity contribution in [1.29, 1.82) is 0 Å². The van der Waals surface area contributed by atoms with Crippen molar-refractivity contribution in [3.63, 3.8) is 0 Å². The van der Waals surface area contributed by atoms with Gasteiger partial charge in [0.1, 0.15) is 0 Å². The standard InChI is InChI=1S/C15H17N3OS/c1-2-18(10-8-14(16)20)15(19)12-7-9-17-13-6-4-3-5-11(12)13/h3-7,9H,2,8,10H2,1H3,(H2,16,20). The zero-order valence-electron chi connectivity index (χ0n) is 11.4. The predicted molar refractivity (Wildman–Crippen MR) is 84.7 cm³/mol. The molecular weight excluding hydrogens is 270 g/mol. The molecule has 2 N–H and O–H groups in total. The SMILES string of the molecule is CCN(CCC(N)=S)C(=O)c1ccnc2ccccc12. The summed E-state index contributed by atoms with van der Waals surface area (Å²) < 4.78 is 0. The summed E-state index contributed by atoms with van der Waals surface area (Å²) in [6.45, 7) is 3.11. The van der Waals surface area contributed by atoms with E-state index in [9.17, 15) is 4.79 Å². The monoisotopic (exact) mass is 287 g/mol. The van der Waals surface area contributed by atoms with Crippen LogP contribution in [0.2, 0.25) is 0 Å². The lowest BCUT2D eigenvalue weighted by Crippen LogP contribution is -2.33. The molecular formula is C15H17N3OS. The van der Waals surface area contributed by atoms with Crippen molar-refractivity contribution in [3.8, 4) is 0 Å². The molecule has 0 spiro atoms. The summed E-state index contributed by atoms with van der Waals surface area (Å²) in [5.74, 6) is -0.0117. The molecule has 4 nitrogen and oxygen atoms in total. The highest BCUT2D eigenvalue weighted by Crippen LogP contribution is 2.18. The molecule has 0 saturated heterocycles. The number of rotatable bonds is 5. The van der Waals surface area contributed by atoms with Gasteiger partial charge < -0.3 is 10.6 Å². The van der Waals surface area contributed by atoms with Crippen molar-refractivity contribution in [2.24, 2.45) is 5.73 Å². The first-order valence-corrected chi connectivity index (χ1v) is 6.95. The van der Waals surface area contributed by atoms with Gasteiger partial charge in [-0.15, -0.1) is 0 Å². The van der Waals surface area contributed by atoms with Crippen molar-refractivity contribution < 1.29 is 4.79 Å². The molecule has 0 radical (unpaired) electrons. The lowest BCUT2D eigenvalue weighted by molar-refractivity contribution is 0.0771. The van der Waals surface area contributed by atoms with Crippen LogP contribution in [0.1, 0.15) is 23.7 Å². The van der Waals surface area contributed by atoms with E-state index in [0.717, 1.165) is 10.9 Å². The van der Waals surface area contributed by atoms with Crippen LogP contribution in [0.5, 0.6) is 0 Å². The second-order valence-corrected chi connectivity index (χ2v) is 5.00. The fraction of sp³-hybridized carbons (Fsp3) is 0.267. The van der Waals surface area contributed by atoms with E-state index in [2.05, 4.69) is 4.98 Å². The van der Waals surface area contributed by atoms with Crippen LogP contribution in [0.15, 0.2) is 36.5 Å². The van der Waals surface area contributed by atoms with E-state index in [1.807, 2.05) is 31.2 Å². The number of aromatic nitrogens is 1. The first kappa shape index (κ1) is 14.4. The average Bonchev–Trinajstić information content (AvgIpc) is 2.46. The van der Waals surface area contributed by atoms with Crippen LogP contribution in [0.25, 0.3) is 10.9 Å². The summed E-state index contributed by atoms with van der Waals surface area (Å²) in [5.41, 5.74) is 7.00. The number of nitrogens with zero attached hydrogens (tertiary/aromatic N) is 2. The molecule has 0 fully saturated rings. The van der Waals surface area contributed by atoms with Gasteiger partial charge in [0.2, 0.25) is 0 Å². The van der Waals surface area contributed by atoms with Crippen molar-refractivity contribution in [1.82, 2.24) is 9.88 Å². The summed E-state index contributed by atoms with van der Waals surface area (Å²) in [7, 11) is 0. The predicted octanol–water partition coefficient (Wildman–Crippen LogP) is 2.37. The molecule has 1 heterocycles. The Kier molecular flexibility index (Phi) is 4.63. The Morgan fingerprint density at radius 1 is 1.35 bits per heavy atom. The van der Waals surface area contributed by atoms with Gasteiger partial charge in [-0.3, -0.25) is 9.78 Å². The van der Waals surface area contributed by atoms with Gasteiger partial charge in [0.05, 0.1) is 16.1 Å². The number of hydrogen-bond donors (Lipinski definition) is 1. The van der Waals surface area contributed by atoms with Crippen molar-refractivity contribution in [2.75, 3.05) is 13.1 Å². The Hall–Kier alpha value is -2.01. The molecule has 5 heteroatoms. The molecule has 0 aliphatic rings. The third-order valence-corrected chi connectivity index (χ3v) is 3.38. The zero-order chi connectivity index (χ0) is 14.5. The van der Waals surface area contributed by atoms with E-state index in [4.69, 9.17) is 18.0 Å². The van der Waals surface area contributed by atoms with Crippen LogP contribution in [0.4, 0.5) is 0 Å². The summed E-state index contributed by atoms with van der Waals surface area (Å²) >= 11 is 4.87. The summed E-state index contributed by atoms with van der Waals surface area (Å²) in [6, 6.07) is 9.39. The van der Waals surface area contributed by atoms with Crippen molar-refractivity contribution in [2.45, 2.75) is 13.3 Å². The van der Waals surface area contributed by atoms with Crippen LogP contribution >= 0.6 is 12.2 Å². The van der Waals surface area contributed by atoms with Gasteiger partial charge in [-0.1, -0.05) is 30.4 Å². The summed E-state index contributed by atoms with van der Waals surface area (Å²) in [6.07, 6.45) is 2.20. The number of thiocarbonyl (C=S) groups is 1. The number of benzene rings is 1. The minimum atomic E-state index is -0.0117. The van der Waals surface area contributed by atoms with Gasteiger partial charge in [0.25, 0.3) is 5.91 Å². The molecule has 104 valence electrons. The molecule has 0 aliphatic heterocycles. The van der Waals surface area contributed by atoms with E-state index in [0.29, 0.717) is 30.1 Å². The maximum Gasteiger partial charge on any atom is 0.254 e. The second-order valence-electron chi connectivity index (χ2n) is 4.48. The van der Waals surface area contributed by atoms with Gasteiger partial charge in [-0.25, -0.2) is 0 Å². The Morgan fingerprint density at radius 3 is 2.80 bits per heavy atom. The zero-order valence-corrected chi connectivity index (χ0v) is 12.2. The lowest BCUT2D eigenvalue weighted by Gasteiger charge is -2.21.